The third kappa shape index (κ3) is 3.47. The minimum atomic E-state index is 0.458. The Hall–Kier alpha value is -0.510. The van der Waals surface area contributed by atoms with E-state index in [1.807, 2.05) is 42.5 Å². The maximum atomic E-state index is 6.06. The van der Waals surface area contributed by atoms with Gasteiger partial charge < -0.3 is 4.74 Å². The lowest BCUT2D eigenvalue weighted by atomic mass is 10.2. The summed E-state index contributed by atoms with van der Waals surface area (Å²) in [4.78, 5) is 0. The summed E-state index contributed by atoms with van der Waals surface area (Å²) in [6, 6.07) is 13.5. The number of hydrogen-bond acceptors (Lipinski definition) is 1. The van der Waals surface area contributed by atoms with E-state index < -0.39 is 0 Å². The van der Waals surface area contributed by atoms with Gasteiger partial charge in [-0.05, 0) is 40.2 Å². The standard InChI is InChI=1S/C13H9Br2ClO/c14-10-5-6-13(11(15)7-10)17-8-9-3-1-2-4-12(9)16/h1-7H,8H2. The predicted molar refractivity (Wildman–Crippen MR) is 77.6 cm³/mol. The highest BCUT2D eigenvalue weighted by Gasteiger charge is 2.04. The van der Waals surface area contributed by atoms with E-state index in [9.17, 15) is 0 Å². The number of halogens is 3. The lowest BCUT2D eigenvalue weighted by Gasteiger charge is -2.09. The molecule has 4 heteroatoms. The number of hydrogen-bond donors (Lipinski definition) is 0. The highest BCUT2D eigenvalue weighted by molar-refractivity contribution is 9.11. The molecule has 0 spiro atoms. The van der Waals surface area contributed by atoms with Gasteiger partial charge in [-0.25, -0.2) is 0 Å². The molecular formula is C13H9Br2ClO. The Balaban J connectivity index is 2.10. The number of rotatable bonds is 3. The SMILES string of the molecule is Clc1ccccc1COc1ccc(Br)cc1Br. The van der Waals surface area contributed by atoms with Gasteiger partial charge in [-0.2, -0.15) is 0 Å². The Morgan fingerprint density at radius 1 is 1.06 bits per heavy atom. The van der Waals surface area contributed by atoms with Crippen LogP contribution in [0.5, 0.6) is 5.75 Å². The lowest BCUT2D eigenvalue weighted by Crippen LogP contribution is -1.96. The third-order valence-corrected chi connectivity index (χ3v) is 3.72. The minimum Gasteiger partial charge on any atom is -0.488 e. The summed E-state index contributed by atoms with van der Waals surface area (Å²) in [7, 11) is 0. The summed E-state index contributed by atoms with van der Waals surface area (Å²) < 4.78 is 7.63. The lowest BCUT2D eigenvalue weighted by molar-refractivity contribution is 0.304. The Bertz CT molecular complexity index is 529. The van der Waals surface area contributed by atoms with Crippen molar-refractivity contribution in [3.63, 3.8) is 0 Å². The van der Waals surface area contributed by atoms with Gasteiger partial charge in [0.2, 0.25) is 0 Å². The zero-order chi connectivity index (χ0) is 12.3. The Labute approximate surface area is 122 Å². The van der Waals surface area contributed by atoms with Crippen molar-refractivity contribution in [1.82, 2.24) is 0 Å². The Morgan fingerprint density at radius 2 is 1.82 bits per heavy atom. The van der Waals surface area contributed by atoms with Crippen LogP contribution in [0, 0.1) is 0 Å². The Kier molecular flexibility index (Phi) is 4.48. The minimum absolute atomic E-state index is 0.458. The van der Waals surface area contributed by atoms with Gasteiger partial charge in [0.05, 0.1) is 4.47 Å². The van der Waals surface area contributed by atoms with Crippen molar-refractivity contribution in [2.24, 2.45) is 0 Å². The molecule has 2 rings (SSSR count). The third-order valence-electron chi connectivity index (χ3n) is 2.23. The summed E-state index contributed by atoms with van der Waals surface area (Å²) in [5, 5.41) is 0.723. The van der Waals surface area contributed by atoms with Gasteiger partial charge in [0.15, 0.2) is 0 Å². The predicted octanol–water partition coefficient (Wildman–Crippen LogP) is 5.44. The van der Waals surface area contributed by atoms with E-state index in [-0.39, 0.29) is 0 Å². The number of benzene rings is 2. The zero-order valence-corrected chi connectivity index (χ0v) is 12.7. The molecule has 0 saturated carbocycles. The van der Waals surface area contributed by atoms with E-state index in [2.05, 4.69) is 31.9 Å². The number of ether oxygens (including phenoxy) is 1. The second kappa shape index (κ2) is 5.89. The highest BCUT2D eigenvalue weighted by atomic mass is 79.9. The van der Waals surface area contributed by atoms with Crippen LogP contribution in [0.25, 0.3) is 0 Å². The molecule has 0 atom stereocenters. The van der Waals surface area contributed by atoms with Gasteiger partial charge in [0, 0.05) is 15.1 Å². The van der Waals surface area contributed by atoms with E-state index in [1.54, 1.807) is 0 Å². The molecule has 17 heavy (non-hydrogen) atoms. The molecule has 1 nitrogen and oxygen atoms in total. The van der Waals surface area contributed by atoms with E-state index >= 15 is 0 Å². The molecule has 0 fully saturated rings. The van der Waals surface area contributed by atoms with Crippen LogP contribution in [0.2, 0.25) is 5.02 Å². The van der Waals surface area contributed by atoms with Gasteiger partial charge in [-0.1, -0.05) is 45.7 Å². The van der Waals surface area contributed by atoms with E-state index in [4.69, 9.17) is 16.3 Å². The molecule has 88 valence electrons. The average molecular weight is 376 g/mol. The smallest absolute Gasteiger partial charge is 0.134 e. The molecule has 2 aromatic rings. The van der Waals surface area contributed by atoms with Gasteiger partial charge in [-0.15, -0.1) is 0 Å². The summed E-state index contributed by atoms with van der Waals surface area (Å²) >= 11 is 12.9. The van der Waals surface area contributed by atoms with Crippen LogP contribution in [-0.4, -0.2) is 0 Å². The van der Waals surface area contributed by atoms with Crippen molar-refractivity contribution in [1.29, 1.82) is 0 Å². The van der Waals surface area contributed by atoms with E-state index in [0.717, 1.165) is 25.3 Å². The topological polar surface area (TPSA) is 9.23 Å². The van der Waals surface area contributed by atoms with Crippen molar-refractivity contribution in [3.05, 3.63) is 62.0 Å². The summed E-state index contributed by atoms with van der Waals surface area (Å²) in [5.41, 5.74) is 0.976. The van der Waals surface area contributed by atoms with Crippen LogP contribution in [0.15, 0.2) is 51.4 Å². The summed E-state index contributed by atoms with van der Waals surface area (Å²) in [5.74, 6) is 0.799. The fraction of sp³-hybridized carbons (Fsp3) is 0.0769. The highest BCUT2D eigenvalue weighted by Crippen LogP contribution is 2.29. The van der Waals surface area contributed by atoms with Crippen molar-refractivity contribution in [3.8, 4) is 5.75 Å². The largest absolute Gasteiger partial charge is 0.488 e. The van der Waals surface area contributed by atoms with Gasteiger partial charge in [0.1, 0.15) is 12.4 Å². The van der Waals surface area contributed by atoms with Gasteiger partial charge in [-0.3, -0.25) is 0 Å². The van der Waals surface area contributed by atoms with Crippen molar-refractivity contribution in [2.45, 2.75) is 6.61 Å². The molecule has 0 N–H and O–H groups in total. The van der Waals surface area contributed by atoms with E-state index in [1.165, 1.54) is 0 Å². The molecule has 0 bridgehead atoms. The van der Waals surface area contributed by atoms with Crippen molar-refractivity contribution >= 4 is 43.5 Å². The van der Waals surface area contributed by atoms with Crippen LogP contribution in [0.1, 0.15) is 5.56 Å². The van der Waals surface area contributed by atoms with Gasteiger partial charge >= 0.3 is 0 Å². The maximum Gasteiger partial charge on any atom is 0.134 e. The molecule has 0 aromatic heterocycles. The monoisotopic (exact) mass is 374 g/mol. The van der Waals surface area contributed by atoms with Crippen molar-refractivity contribution in [2.75, 3.05) is 0 Å². The molecule has 0 unspecified atom stereocenters. The molecule has 0 amide bonds. The van der Waals surface area contributed by atoms with Crippen LogP contribution < -0.4 is 4.74 Å². The molecule has 0 aliphatic carbocycles. The molecule has 0 radical (unpaired) electrons. The maximum absolute atomic E-state index is 6.06. The summed E-state index contributed by atoms with van der Waals surface area (Å²) in [6.45, 7) is 0.458. The molecule has 0 aliphatic rings. The first kappa shape index (κ1) is 12.9. The molecule has 0 saturated heterocycles. The molecule has 0 heterocycles. The second-order valence-electron chi connectivity index (χ2n) is 3.45. The molecular weight excluding hydrogens is 367 g/mol. The summed E-state index contributed by atoms with van der Waals surface area (Å²) in [6.07, 6.45) is 0. The fourth-order valence-corrected chi connectivity index (χ4v) is 2.72. The Morgan fingerprint density at radius 3 is 2.53 bits per heavy atom. The zero-order valence-electron chi connectivity index (χ0n) is 8.79. The van der Waals surface area contributed by atoms with Crippen LogP contribution >= 0.6 is 43.5 Å². The second-order valence-corrected chi connectivity index (χ2v) is 5.63. The average Bonchev–Trinajstić information content (AvgIpc) is 2.30. The molecule has 2 aromatic carbocycles. The van der Waals surface area contributed by atoms with Crippen LogP contribution in [0.4, 0.5) is 0 Å². The van der Waals surface area contributed by atoms with Crippen LogP contribution in [0.3, 0.4) is 0 Å². The van der Waals surface area contributed by atoms with Crippen LogP contribution in [-0.2, 0) is 6.61 Å². The van der Waals surface area contributed by atoms with Gasteiger partial charge in [0.25, 0.3) is 0 Å². The first-order chi connectivity index (χ1) is 8.16. The first-order valence-corrected chi connectivity index (χ1v) is 6.94. The quantitative estimate of drug-likeness (QED) is 0.693. The van der Waals surface area contributed by atoms with E-state index in [0.29, 0.717) is 6.61 Å². The fourth-order valence-electron chi connectivity index (χ4n) is 1.36. The first-order valence-electron chi connectivity index (χ1n) is 4.98. The molecule has 0 aliphatic heterocycles. The van der Waals surface area contributed by atoms with Crippen molar-refractivity contribution < 1.29 is 4.74 Å². The normalized spacial score (nSPS) is 10.3.